The minimum atomic E-state index is -0.779. The van der Waals surface area contributed by atoms with E-state index in [9.17, 15) is 4.79 Å². The van der Waals surface area contributed by atoms with Crippen LogP contribution in [0.15, 0.2) is 18.2 Å². The van der Waals surface area contributed by atoms with Gasteiger partial charge in [-0.05, 0) is 24.1 Å². The Hall–Kier alpha value is -1.46. The van der Waals surface area contributed by atoms with Gasteiger partial charge in [0.1, 0.15) is 0 Å². The fourth-order valence-electron chi connectivity index (χ4n) is 1.05. The third-order valence-corrected chi connectivity index (χ3v) is 1.86. The minimum Gasteiger partial charge on any atom is -0.504 e. The standard InChI is InChI=1S/C9H12N2O3.ClH/c10-6(9(11)14)3-5-1-2-7(12)8(13)4-5;/h1-2,4,6,12-13H,3,10H2,(H2,11,14);1H. The van der Waals surface area contributed by atoms with Crippen molar-refractivity contribution in [2.24, 2.45) is 11.5 Å². The number of amides is 1. The van der Waals surface area contributed by atoms with Crippen molar-refractivity contribution in [2.45, 2.75) is 12.5 Å². The van der Waals surface area contributed by atoms with E-state index in [0.717, 1.165) is 0 Å². The summed E-state index contributed by atoms with van der Waals surface area (Å²) in [6.07, 6.45) is 0.239. The molecular weight excluding hydrogens is 220 g/mol. The highest BCUT2D eigenvalue weighted by Gasteiger charge is 2.10. The number of benzene rings is 1. The van der Waals surface area contributed by atoms with E-state index >= 15 is 0 Å². The lowest BCUT2D eigenvalue weighted by atomic mass is 10.1. The van der Waals surface area contributed by atoms with Crippen LogP contribution in [0.2, 0.25) is 0 Å². The van der Waals surface area contributed by atoms with Gasteiger partial charge in [0, 0.05) is 0 Å². The van der Waals surface area contributed by atoms with Crippen molar-refractivity contribution in [1.29, 1.82) is 0 Å². The molecule has 6 N–H and O–H groups in total. The van der Waals surface area contributed by atoms with Gasteiger partial charge in [0.05, 0.1) is 6.04 Å². The fourth-order valence-corrected chi connectivity index (χ4v) is 1.05. The molecule has 1 aromatic carbocycles. The zero-order chi connectivity index (χ0) is 10.7. The Bertz CT molecular complexity index is 357. The summed E-state index contributed by atoms with van der Waals surface area (Å²) in [7, 11) is 0. The molecule has 1 rings (SSSR count). The topological polar surface area (TPSA) is 110 Å². The second-order valence-corrected chi connectivity index (χ2v) is 3.04. The number of hydrogen-bond donors (Lipinski definition) is 4. The molecule has 0 aliphatic rings. The van der Waals surface area contributed by atoms with Crippen LogP contribution < -0.4 is 11.5 Å². The summed E-state index contributed by atoms with van der Waals surface area (Å²) in [6, 6.07) is 3.47. The number of rotatable bonds is 3. The van der Waals surface area contributed by atoms with Crippen LogP contribution in [0.4, 0.5) is 0 Å². The van der Waals surface area contributed by atoms with E-state index < -0.39 is 11.9 Å². The normalized spacial score (nSPS) is 11.5. The van der Waals surface area contributed by atoms with Crippen molar-refractivity contribution in [3.8, 4) is 11.5 Å². The van der Waals surface area contributed by atoms with Crippen LogP contribution in [0, 0.1) is 0 Å². The molecule has 0 spiro atoms. The number of hydrogen-bond acceptors (Lipinski definition) is 4. The van der Waals surface area contributed by atoms with E-state index in [4.69, 9.17) is 21.7 Å². The number of carbonyl (C=O) groups excluding carboxylic acids is 1. The van der Waals surface area contributed by atoms with E-state index in [1.54, 1.807) is 6.07 Å². The van der Waals surface area contributed by atoms with Gasteiger partial charge >= 0.3 is 0 Å². The van der Waals surface area contributed by atoms with Gasteiger partial charge in [0.25, 0.3) is 0 Å². The molecule has 0 aliphatic carbocycles. The zero-order valence-corrected chi connectivity index (χ0v) is 8.70. The maximum Gasteiger partial charge on any atom is 0.234 e. The first kappa shape index (κ1) is 13.5. The summed E-state index contributed by atoms with van der Waals surface area (Å²) in [5, 5.41) is 18.2. The van der Waals surface area contributed by atoms with Crippen molar-refractivity contribution >= 4 is 18.3 Å². The van der Waals surface area contributed by atoms with Crippen LogP contribution in [0.25, 0.3) is 0 Å². The molecule has 1 aromatic rings. The van der Waals surface area contributed by atoms with Crippen LogP contribution >= 0.6 is 12.4 Å². The van der Waals surface area contributed by atoms with Gasteiger partial charge in [0.2, 0.25) is 5.91 Å². The number of nitrogens with two attached hydrogens (primary N) is 2. The molecule has 15 heavy (non-hydrogen) atoms. The van der Waals surface area contributed by atoms with E-state index in [1.165, 1.54) is 12.1 Å². The summed E-state index contributed by atoms with van der Waals surface area (Å²) in [5.74, 6) is -1.04. The van der Waals surface area contributed by atoms with Crippen molar-refractivity contribution in [3.63, 3.8) is 0 Å². The highest BCUT2D eigenvalue weighted by molar-refractivity contribution is 5.85. The number of carbonyl (C=O) groups is 1. The van der Waals surface area contributed by atoms with Gasteiger partial charge in [-0.2, -0.15) is 0 Å². The number of primary amides is 1. The average Bonchev–Trinajstić information content (AvgIpc) is 2.11. The Morgan fingerprint density at radius 3 is 2.40 bits per heavy atom. The second kappa shape index (κ2) is 5.43. The molecule has 0 aromatic heterocycles. The van der Waals surface area contributed by atoms with Gasteiger partial charge in [-0.15, -0.1) is 12.4 Å². The van der Waals surface area contributed by atoms with Gasteiger partial charge in [0.15, 0.2) is 11.5 Å². The smallest absolute Gasteiger partial charge is 0.234 e. The monoisotopic (exact) mass is 232 g/mol. The molecule has 0 radical (unpaired) electrons. The Kier molecular flexibility index (Phi) is 4.90. The molecule has 1 unspecified atom stereocenters. The van der Waals surface area contributed by atoms with Crippen molar-refractivity contribution in [2.75, 3.05) is 0 Å². The summed E-state index contributed by atoms with van der Waals surface area (Å²) in [4.78, 5) is 10.6. The highest BCUT2D eigenvalue weighted by atomic mass is 35.5. The van der Waals surface area contributed by atoms with E-state index in [-0.39, 0.29) is 30.3 Å². The molecule has 1 atom stereocenters. The first-order valence-electron chi connectivity index (χ1n) is 4.06. The average molecular weight is 233 g/mol. The molecule has 0 aliphatic heterocycles. The van der Waals surface area contributed by atoms with Gasteiger partial charge < -0.3 is 21.7 Å². The van der Waals surface area contributed by atoms with Crippen molar-refractivity contribution < 1.29 is 15.0 Å². The van der Waals surface area contributed by atoms with Crippen molar-refractivity contribution in [1.82, 2.24) is 0 Å². The molecule has 84 valence electrons. The van der Waals surface area contributed by atoms with Crippen LogP contribution in [-0.2, 0) is 11.2 Å². The number of halogens is 1. The molecule has 0 saturated carbocycles. The summed E-state index contributed by atoms with van der Waals surface area (Å²) in [6.45, 7) is 0. The Morgan fingerprint density at radius 1 is 1.33 bits per heavy atom. The Labute approximate surface area is 93.1 Å². The first-order valence-corrected chi connectivity index (χ1v) is 4.06. The molecule has 0 saturated heterocycles. The SMILES string of the molecule is Cl.NC(=O)C(N)Cc1ccc(O)c(O)c1. The zero-order valence-electron chi connectivity index (χ0n) is 7.88. The predicted molar refractivity (Wildman–Crippen MR) is 57.9 cm³/mol. The molecule has 5 nitrogen and oxygen atoms in total. The second-order valence-electron chi connectivity index (χ2n) is 3.04. The molecule has 0 fully saturated rings. The maximum atomic E-state index is 10.6. The van der Waals surface area contributed by atoms with Gasteiger partial charge in [-0.3, -0.25) is 4.79 Å². The summed E-state index contributed by atoms with van der Waals surface area (Å²) < 4.78 is 0. The lowest BCUT2D eigenvalue weighted by molar-refractivity contribution is -0.119. The molecule has 0 heterocycles. The van der Waals surface area contributed by atoms with E-state index in [2.05, 4.69) is 0 Å². The van der Waals surface area contributed by atoms with E-state index in [0.29, 0.717) is 5.56 Å². The fraction of sp³-hybridized carbons (Fsp3) is 0.222. The van der Waals surface area contributed by atoms with Crippen LogP contribution in [0.3, 0.4) is 0 Å². The summed E-state index contributed by atoms with van der Waals surface area (Å²) >= 11 is 0. The number of phenolic OH excluding ortho intramolecular Hbond substituents is 2. The molecule has 6 heteroatoms. The summed E-state index contributed by atoms with van der Waals surface area (Å²) in [5.41, 5.74) is 11.0. The lowest BCUT2D eigenvalue weighted by Crippen LogP contribution is -2.38. The van der Waals surface area contributed by atoms with Gasteiger partial charge in [-0.1, -0.05) is 6.07 Å². The lowest BCUT2D eigenvalue weighted by Gasteiger charge is -2.07. The highest BCUT2D eigenvalue weighted by Crippen LogP contribution is 2.25. The van der Waals surface area contributed by atoms with Crippen LogP contribution in [0.5, 0.6) is 11.5 Å². The van der Waals surface area contributed by atoms with Crippen LogP contribution in [0.1, 0.15) is 5.56 Å². The minimum absolute atomic E-state index is 0. The molecule has 0 bridgehead atoms. The predicted octanol–water partition coefficient (Wildman–Crippen LogP) is -0.125. The maximum absolute atomic E-state index is 10.6. The quantitative estimate of drug-likeness (QED) is 0.545. The van der Waals surface area contributed by atoms with Crippen molar-refractivity contribution in [3.05, 3.63) is 23.8 Å². The van der Waals surface area contributed by atoms with E-state index in [1.807, 2.05) is 0 Å². The Balaban J connectivity index is 0.00000196. The first-order chi connectivity index (χ1) is 6.50. The Morgan fingerprint density at radius 2 is 1.93 bits per heavy atom. The molecule has 1 amide bonds. The number of phenols is 2. The molecular formula is C9H13ClN2O3. The van der Waals surface area contributed by atoms with Gasteiger partial charge in [-0.25, -0.2) is 0 Å². The third kappa shape index (κ3) is 3.65. The number of aromatic hydroxyl groups is 2. The largest absolute Gasteiger partial charge is 0.504 e. The third-order valence-electron chi connectivity index (χ3n) is 1.86. The van der Waals surface area contributed by atoms with Crippen LogP contribution in [-0.4, -0.2) is 22.2 Å².